The minimum atomic E-state index is 0.187. The highest BCUT2D eigenvalue weighted by Crippen LogP contribution is 2.18. The van der Waals surface area contributed by atoms with Crippen LogP contribution in [0, 0.1) is 0 Å². The van der Waals surface area contributed by atoms with Crippen molar-refractivity contribution in [3.05, 3.63) is 0 Å². The van der Waals surface area contributed by atoms with Crippen LogP contribution in [-0.2, 0) is 4.79 Å². The summed E-state index contributed by atoms with van der Waals surface area (Å²) in [6, 6.07) is 1.15. The lowest BCUT2D eigenvalue weighted by Crippen LogP contribution is -2.40. The molecule has 4 nitrogen and oxygen atoms in total. The number of carbonyl (C=O) groups is 1. The lowest BCUT2D eigenvalue weighted by molar-refractivity contribution is -0.122. The van der Waals surface area contributed by atoms with Gasteiger partial charge in [-0.15, -0.1) is 0 Å². The van der Waals surface area contributed by atoms with Crippen molar-refractivity contribution < 1.29 is 4.79 Å². The molecule has 0 radical (unpaired) electrons. The van der Waals surface area contributed by atoms with Crippen LogP contribution in [0.4, 0.5) is 0 Å². The minimum Gasteiger partial charge on any atom is -0.352 e. The molecule has 0 aromatic heterocycles. The van der Waals surface area contributed by atoms with Crippen LogP contribution in [0.2, 0.25) is 0 Å². The summed E-state index contributed by atoms with van der Waals surface area (Å²) in [5.74, 6) is 0.187. The maximum absolute atomic E-state index is 11.6. The summed E-state index contributed by atoms with van der Waals surface area (Å²) in [6.07, 6.45) is 7.46. The summed E-state index contributed by atoms with van der Waals surface area (Å²) < 4.78 is 0. The normalized spacial score (nSPS) is 24.9. The third kappa shape index (κ3) is 5.04. The van der Waals surface area contributed by atoms with Crippen molar-refractivity contribution in [2.75, 3.05) is 26.7 Å². The van der Waals surface area contributed by atoms with E-state index in [1.807, 2.05) is 7.05 Å². The average Bonchev–Trinajstić information content (AvgIpc) is 3.11. The summed E-state index contributed by atoms with van der Waals surface area (Å²) in [5, 5.41) is 6.57. The quantitative estimate of drug-likeness (QED) is 0.718. The van der Waals surface area contributed by atoms with Gasteiger partial charge in [-0.05, 0) is 52.2 Å². The largest absolute Gasteiger partial charge is 0.352 e. The van der Waals surface area contributed by atoms with E-state index < -0.39 is 0 Å². The van der Waals surface area contributed by atoms with Gasteiger partial charge in [0.2, 0.25) is 5.91 Å². The molecule has 98 valence electrons. The molecule has 2 aliphatic rings. The number of nitrogens with one attached hydrogen (secondary N) is 2. The van der Waals surface area contributed by atoms with Crippen LogP contribution in [-0.4, -0.2) is 49.6 Å². The Hall–Kier alpha value is -0.610. The van der Waals surface area contributed by atoms with Crippen molar-refractivity contribution >= 4 is 5.91 Å². The van der Waals surface area contributed by atoms with Crippen LogP contribution in [0.15, 0.2) is 0 Å². The van der Waals surface area contributed by atoms with Crippen LogP contribution >= 0.6 is 0 Å². The van der Waals surface area contributed by atoms with Crippen LogP contribution in [0.3, 0.4) is 0 Å². The third-order valence-electron chi connectivity index (χ3n) is 3.63. The van der Waals surface area contributed by atoms with Gasteiger partial charge in [-0.25, -0.2) is 0 Å². The molecule has 0 spiro atoms. The Morgan fingerprint density at radius 2 is 2.18 bits per heavy atom. The van der Waals surface area contributed by atoms with Crippen LogP contribution in [0.25, 0.3) is 0 Å². The predicted octanol–water partition coefficient (Wildman–Crippen LogP) is 0.729. The fourth-order valence-electron chi connectivity index (χ4n) is 2.37. The highest BCUT2D eigenvalue weighted by molar-refractivity contribution is 5.78. The zero-order chi connectivity index (χ0) is 12.1. The smallest absolute Gasteiger partial charge is 0.234 e. The topological polar surface area (TPSA) is 44.4 Å². The minimum absolute atomic E-state index is 0.187. The molecule has 2 N–H and O–H groups in total. The second kappa shape index (κ2) is 6.36. The molecule has 1 unspecified atom stereocenters. The Morgan fingerprint density at radius 3 is 2.82 bits per heavy atom. The van der Waals surface area contributed by atoms with E-state index >= 15 is 0 Å². The predicted molar refractivity (Wildman–Crippen MR) is 68.9 cm³/mol. The van der Waals surface area contributed by atoms with E-state index in [2.05, 4.69) is 15.5 Å². The number of carbonyl (C=O) groups excluding carboxylic acids is 1. The van der Waals surface area contributed by atoms with Gasteiger partial charge in [-0.2, -0.15) is 0 Å². The molecule has 1 atom stereocenters. The van der Waals surface area contributed by atoms with E-state index in [9.17, 15) is 4.79 Å². The molecule has 1 saturated heterocycles. The Balaban J connectivity index is 1.55. The van der Waals surface area contributed by atoms with E-state index in [4.69, 9.17) is 0 Å². The van der Waals surface area contributed by atoms with Gasteiger partial charge in [-0.1, -0.05) is 6.42 Å². The second-order valence-electron chi connectivity index (χ2n) is 5.52. The lowest BCUT2D eigenvalue weighted by atomic mass is 10.0. The number of piperidine rings is 1. The third-order valence-corrected chi connectivity index (χ3v) is 3.63. The molecule has 1 saturated carbocycles. The number of rotatable bonds is 6. The van der Waals surface area contributed by atoms with Crippen LogP contribution < -0.4 is 10.6 Å². The van der Waals surface area contributed by atoms with Crippen molar-refractivity contribution in [3.63, 3.8) is 0 Å². The Morgan fingerprint density at radius 1 is 1.35 bits per heavy atom. The van der Waals surface area contributed by atoms with Gasteiger partial charge in [0.05, 0.1) is 6.54 Å². The summed E-state index contributed by atoms with van der Waals surface area (Å²) in [5.41, 5.74) is 0. The van der Waals surface area contributed by atoms with Crippen molar-refractivity contribution in [2.45, 2.75) is 50.6 Å². The molecule has 1 aliphatic heterocycles. The first-order chi connectivity index (χ1) is 8.24. The number of likely N-dealkylation sites (N-methyl/N-ethyl adjacent to an activating group) is 1. The van der Waals surface area contributed by atoms with Gasteiger partial charge >= 0.3 is 0 Å². The van der Waals surface area contributed by atoms with Gasteiger partial charge in [-0.3, -0.25) is 9.69 Å². The SMILES string of the molecule is CN(CCC1CCCCN1)CC(=O)NC1CC1. The molecule has 1 aliphatic carbocycles. The Labute approximate surface area is 104 Å². The first-order valence-electron chi connectivity index (χ1n) is 6.95. The maximum atomic E-state index is 11.6. The van der Waals surface area contributed by atoms with Gasteiger partial charge in [0, 0.05) is 12.1 Å². The first kappa shape index (κ1) is 12.8. The standard InChI is InChI=1S/C13H25N3O/c1-16(10-13(17)15-12-5-6-12)9-7-11-4-2-3-8-14-11/h11-12,14H,2-10H2,1H3,(H,15,17). The summed E-state index contributed by atoms with van der Waals surface area (Å²) in [4.78, 5) is 13.7. The Kier molecular flexibility index (Phi) is 4.80. The zero-order valence-electron chi connectivity index (χ0n) is 10.9. The fourth-order valence-corrected chi connectivity index (χ4v) is 2.37. The molecule has 1 amide bonds. The van der Waals surface area contributed by atoms with Crippen molar-refractivity contribution in [2.24, 2.45) is 0 Å². The van der Waals surface area contributed by atoms with E-state index in [0.29, 0.717) is 18.6 Å². The molecule has 2 fully saturated rings. The van der Waals surface area contributed by atoms with Crippen molar-refractivity contribution in [1.82, 2.24) is 15.5 Å². The second-order valence-corrected chi connectivity index (χ2v) is 5.52. The highest BCUT2D eigenvalue weighted by Gasteiger charge is 2.23. The molecular formula is C13H25N3O. The number of amides is 1. The Bertz CT molecular complexity index is 247. The van der Waals surface area contributed by atoms with E-state index in [1.165, 1.54) is 32.1 Å². The molecule has 0 bridgehead atoms. The summed E-state index contributed by atoms with van der Waals surface area (Å²) in [7, 11) is 2.04. The molecule has 1 heterocycles. The lowest BCUT2D eigenvalue weighted by Gasteiger charge is -2.25. The molecule has 4 heteroatoms. The monoisotopic (exact) mass is 239 g/mol. The molecule has 17 heavy (non-hydrogen) atoms. The molecule has 0 aromatic rings. The van der Waals surface area contributed by atoms with Gasteiger partial charge < -0.3 is 10.6 Å². The van der Waals surface area contributed by atoms with Crippen molar-refractivity contribution in [1.29, 1.82) is 0 Å². The highest BCUT2D eigenvalue weighted by atomic mass is 16.2. The van der Waals surface area contributed by atoms with E-state index in [-0.39, 0.29) is 5.91 Å². The molecule has 2 rings (SSSR count). The number of hydrogen-bond donors (Lipinski definition) is 2. The molecular weight excluding hydrogens is 214 g/mol. The van der Waals surface area contributed by atoms with Crippen LogP contribution in [0.5, 0.6) is 0 Å². The van der Waals surface area contributed by atoms with Crippen molar-refractivity contribution in [3.8, 4) is 0 Å². The molecule has 0 aromatic carbocycles. The summed E-state index contributed by atoms with van der Waals surface area (Å²) in [6.45, 7) is 2.72. The van der Waals surface area contributed by atoms with Gasteiger partial charge in [0.25, 0.3) is 0 Å². The number of nitrogens with zero attached hydrogens (tertiary/aromatic N) is 1. The van der Waals surface area contributed by atoms with Gasteiger partial charge in [0.15, 0.2) is 0 Å². The van der Waals surface area contributed by atoms with Crippen LogP contribution in [0.1, 0.15) is 38.5 Å². The first-order valence-corrected chi connectivity index (χ1v) is 6.95. The van der Waals surface area contributed by atoms with Gasteiger partial charge in [0.1, 0.15) is 0 Å². The summed E-state index contributed by atoms with van der Waals surface area (Å²) >= 11 is 0. The van der Waals surface area contributed by atoms with E-state index in [1.54, 1.807) is 0 Å². The number of hydrogen-bond acceptors (Lipinski definition) is 3. The zero-order valence-corrected chi connectivity index (χ0v) is 10.9. The fraction of sp³-hybridized carbons (Fsp3) is 0.923. The van der Waals surface area contributed by atoms with E-state index in [0.717, 1.165) is 19.5 Å². The average molecular weight is 239 g/mol. The maximum Gasteiger partial charge on any atom is 0.234 e.